The molecule has 4 aromatic carbocycles. The Morgan fingerprint density at radius 2 is 1.57 bits per heavy atom. The SMILES string of the molecule is CNC(=O)[C@@H](Cc1ccccc1)N(Cc1ccccc1Cl)C(=O)CN(c1cccc(Br)c1)S(=O)(=O)c1ccc(C)cc1. The Labute approximate surface area is 260 Å². The largest absolute Gasteiger partial charge is 0.357 e. The van der Waals surface area contributed by atoms with Crippen molar-refractivity contribution in [3.8, 4) is 0 Å². The zero-order valence-corrected chi connectivity index (χ0v) is 26.4. The van der Waals surface area contributed by atoms with E-state index in [9.17, 15) is 18.0 Å². The maximum atomic E-state index is 14.3. The Bertz CT molecular complexity index is 1650. The monoisotopic (exact) mass is 667 g/mol. The predicted molar refractivity (Wildman–Crippen MR) is 170 cm³/mol. The number of benzene rings is 4. The Morgan fingerprint density at radius 1 is 0.905 bits per heavy atom. The number of nitrogens with one attached hydrogen (secondary N) is 1. The van der Waals surface area contributed by atoms with Crippen LogP contribution in [0.25, 0.3) is 0 Å². The van der Waals surface area contributed by atoms with Crippen LogP contribution in [0, 0.1) is 6.92 Å². The molecule has 0 aliphatic rings. The maximum absolute atomic E-state index is 14.3. The molecule has 1 atom stereocenters. The first-order valence-electron chi connectivity index (χ1n) is 13.2. The lowest BCUT2D eigenvalue weighted by atomic mass is 10.0. The van der Waals surface area contributed by atoms with Crippen LogP contribution >= 0.6 is 27.5 Å². The zero-order chi connectivity index (χ0) is 30.3. The van der Waals surface area contributed by atoms with Gasteiger partial charge in [-0.05, 0) is 54.4 Å². The highest BCUT2D eigenvalue weighted by Gasteiger charge is 2.34. The molecule has 4 aromatic rings. The molecule has 7 nitrogen and oxygen atoms in total. The number of likely N-dealkylation sites (N-methyl/N-ethyl adjacent to an activating group) is 1. The van der Waals surface area contributed by atoms with Gasteiger partial charge in [0.05, 0.1) is 10.6 Å². The highest BCUT2D eigenvalue weighted by atomic mass is 79.9. The number of amides is 2. The van der Waals surface area contributed by atoms with Gasteiger partial charge >= 0.3 is 0 Å². The molecule has 0 saturated heterocycles. The van der Waals surface area contributed by atoms with Crippen molar-refractivity contribution >= 4 is 55.1 Å². The molecule has 0 spiro atoms. The Balaban J connectivity index is 1.80. The van der Waals surface area contributed by atoms with Gasteiger partial charge in [-0.1, -0.05) is 99.8 Å². The number of hydrogen-bond acceptors (Lipinski definition) is 4. The van der Waals surface area contributed by atoms with Crippen LogP contribution in [0.3, 0.4) is 0 Å². The second-order valence-electron chi connectivity index (χ2n) is 9.74. The van der Waals surface area contributed by atoms with E-state index in [1.54, 1.807) is 60.7 Å². The topological polar surface area (TPSA) is 86.8 Å². The average molecular weight is 669 g/mol. The summed E-state index contributed by atoms with van der Waals surface area (Å²) >= 11 is 9.90. The smallest absolute Gasteiger partial charge is 0.264 e. The summed E-state index contributed by atoms with van der Waals surface area (Å²) in [5, 5.41) is 3.10. The second-order valence-corrected chi connectivity index (χ2v) is 12.9. The second kappa shape index (κ2) is 14.0. The standard InChI is InChI=1S/C32H31BrClN3O4S/c1-23-15-17-28(18-16-23)42(40,41)37(27-13-8-12-26(33)20-27)22-31(38)36(21-25-11-6-7-14-29(25)34)30(32(39)35-2)19-24-9-4-3-5-10-24/h3-18,20,30H,19,21-22H2,1-2H3,(H,35,39)/t30-/m1/s1. The minimum Gasteiger partial charge on any atom is -0.357 e. The molecule has 4 rings (SSSR count). The molecule has 0 heterocycles. The van der Waals surface area contributed by atoms with Crippen molar-refractivity contribution in [1.29, 1.82) is 0 Å². The van der Waals surface area contributed by atoms with Gasteiger partial charge in [0.15, 0.2) is 0 Å². The lowest BCUT2D eigenvalue weighted by molar-refractivity contribution is -0.139. The number of anilines is 1. The number of carbonyl (C=O) groups is 2. The van der Waals surface area contributed by atoms with Crippen LogP contribution in [0.15, 0.2) is 112 Å². The van der Waals surface area contributed by atoms with Gasteiger partial charge in [0.2, 0.25) is 11.8 Å². The van der Waals surface area contributed by atoms with Gasteiger partial charge in [0, 0.05) is 29.5 Å². The molecule has 218 valence electrons. The van der Waals surface area contributed by atoms with Crippen LogP contribution < -0.4 is 9.62 Å². The summed E-state index contributed by atoms with van der Waals surface area (Å²) in [5.41, 5.74) is 2.68. The molecule has 0 unspecified atom stereocenters. The Hall–Kier alpha value is -3.66. The van der Waals surface area contributed by atoms with E-state index in [0.29, 0.717) is 20.7 Å². The zero-order valence-electron chi connectivity index (χ0n) is 23.2. The molecule has 0 aromatic heterocycles. The van der Waals surface area contributed by atoms with E-state index in [-0.39, 0.29) is 23.8 Å². The molecule has 0 bridgehead atoms. The molecule has 0 aliphatic heterocycles. The van der Waals surface area contributed by atoms with Gasteiger partial charge in [-0.15, -0.1) is 0 Å². The number of halogens is 2. The first-order chi connectivity index (χ1) is 20.1. The molecular formula is C32H31BrClN3O4S. The average Bonchev–Trinajstić information content (AvgIpc) is 2.98. The quantitative estimate of drug-likeness (QED) is 0.213. The van der Waals surface area contributed by atoms with Gasteiger partial charge < -0.3 is 10.2 Å². The molecule has 0 radical (unpaired) electrons. The van der Waals surface area contributed by atoms with Crippen molar-refractivity contribution in [3.63, 3.8) is 0 Å². The fourth-order valence-corrected chi connectivity index (χ4v) is 6.52. The van der Waals surface area contributed by atoms with E-state index < -0.39 is 28.5 Å². The minimum absolute atomic E-state index is 0.000328. The number of aryl methyl sites for hydroxylation is 1. The third kappa shape index (κ3) is 7.59. The number of sulfonamides is 1. The minimum atomic E-state index is -4.17. The molecule has 10 heteroatoms. The molecule has 0 fully saturated rings. The highest BCUT2D eigenvalue weighted by Crippen LogP contribution is 2.28. The van der Waals surface area contributed by atoms with Gasteiger partial charge in [-0.2, -0.15) is 0 Å². The van der Waals surface area contributed by atoms with E-state index in [0.717, 1.165) is 15.4 Å². The molecule has 0 aliphatic carbocycles. The molecule has 0 saturated carbocycles. The summed E-state index contributed by atoms with van der Waals surface area (Å²) in [4.78, 5) is 29.1. The van der Waals surface area contributed by atoms with Crippen molar-refractivity contribution in [2.45, 2.75) is 30.8 Å². The molecule has 2 amide bonds. The third-order valence-corrected chi connectivity index (χ3v) is 9.45. The Morgan fingerprint density at radius 3 is 2.21 bits per heavy atom. The number of hydrogen-bond donors (Lipinski definition) is 1. The fraction of sp³-hybridized carbons (Fsp3) is 0.188. The van der Waals surface area contributed by atoms with Crippen molar-refractivity contribution in [2.75, 3.05) is 17.9 Å². The summed E-state index contributed by atoms with van der Waals surface area (Å²) in [6.45, 7) is 1.32. The van der Waals surface area contributed by atoms with Crippen LogP contribution in [0.1, 0.15) is 16.7 Å². The molecule has 1 N–H and O–H groups in total. The lowest BCUT2D eigenvalue weighted by Gasteiger charge is -2.33. The highest BCUT2D eigenvalue weighted by molar-refractivity contribution is 9.10. The third-order valence-electron chi connectivity index (χ3n) is 6.80. The van der Waals surface area contributed by atoms with Crippen molar-refractivity contribution in [2.24, 2.45) is 0 Å². The van der Waals surface area contributed by atoms with E-state index in [1.807, 2.05) is 37.3 Å². The van der Waals surface area contributed by atoms with Crippen molar-refractivity contribution < 1.29 is 18.0 Å². The van der Waals surface area contributed by atoms with Gasteiger partial charge in [0.1, 0.15) is 12.6 Å². The van der Waals surface area contributed by atoms with E-state index in [1.165, 1.54) is 24.1 Å². The summed E-state index contributed by atoms with van der Waals surface area (Å²) in [6, 6.07) is 28.7. The fourth-order valence-electron chi connectivity index (χ4n) is 4.53. The van der Waals surface area contributed by atoms with Crippen LogP contribution in [0.2, 0.25) is 5.02 Å². The normalized spacial score (nSPS) is 11.9. The Kier molecular flexibility index (Phi) is 10.4. The van der Waals surface area contributed by atoms with Crippen LogP contribution in [0.4, 0.5) is 5.69 Å². The van der Waals surface area contributed by atoms with Crippen LogP contribution in [-0.4, -0.2) is 44.8 Å². The summed E-state index contributed by atoms with van der Waals surface area (Å²) < 4.78 is 29.8. The lowest BCUT2D eigenvalue weighted by Crippen LogP contribution is -2.53. The summed E-state index contributed by atoms with van der Waals surface area (Å²) in [7, 11) is -2.66. The number of nitrogens with zero attached hydrogens (tertiary/aromatic N) is 2. The van der Waals surface area contributed by atoms with E-state index >= 15 is 0 Å². The predicted octanol–water partition coefficient (Wildman–Crippen LogP) is 5.99. The van der Waals surface area contributed by atoms with Gasteiger partial charge in [-0.25, -0.2) is 8.42 Å². The van der Waals surface area contributed by atoms with Crippen LogP contribution in [-0.2, 0) is 32.6 Å². The maximum Gasteiger partial charge on any atom is 0.264 e. The van der Waals surface area contributed by atoms with Gasteiger partial charge in [-0.3, -0.25) is 13.9 Å². The summed E-state index contributed by atoms with van der Waals surface area (Å²) in [5.74, 6) is -0.940. The molecule has 42 heavy (non-hydrogen) atoms. The number of carbonyl (C=O) groups excluding carboxylic acids is 2. The van der Waals surface area contributed by atoms with E-state index in [4.69, 9.17) is 11.6 Å². The van der Waals surface area contributed by atoms with Crippen molar-refractivity contribution in [1.82, 2.24) is 10.2 Å². The van der Waals surface area contributed by atoms with Crippen molar-refractivity contribution in [3.05, 3.63) is 129 Å². The summed E-state index contributed by atoms with van der Waals surface area (Å²) in [6.07, 6.45) is 0.221. The van der Waals surface area contributed by atoms with Crippen LogP contribution in [0.5, 0.6) is 0 Å². The first kappa shape index (κ1) is 31.3. The molecular weight excluding hydrogens is 638 g/mol. The number of rotatable bonds is 11. The van der Waals surface area contributed by atoms with Gasteiger partial charge in [0.25, 0.3) is 10.0 Å². The first-order valence-corrected chi connectivity index (χ1v) is 15.8. The van der Waals surface area contributed by atoms with E-state index in [2.05, 4.69) is 21.2 Å².